The lowest BCUT2D eigenvalue weighted by Crippen LogP contribution is -2.63. The Balaban J connectivity index is 0.00000576. The van der Waals surface area contributed by atoms with E-state index in [1.807, 2.05) is 0 Å². The van der Waals surface area contributed by atoms with Crippen LogP contribution in [0, 0.1) is 11.8 Å². The van der Waals surface area contributed by atoms with Crippen LogP contribution in [0.25, 0.3) is 0 Å². The molecular formula is C21H46FN3. The standard InChI is InChI=1S/C21H45N3.FH/c1-6-10-12-19(8-3)14-23-16-21(5,22)17-24(18-23)15-20(9-4)13-11-7-2;/h19-20H,6-18,22H2,1-5H3;1H. The van der Waals surface area contributed by atoms with E-state index in [0.717, 1.165) is 31.6 Å². The van der Waals surface area contributed by atoms with Gasteiger partial charge < -0.3 is 5.73 Å². The van der Waals surface area contributed by atoms with E-state index >= 15 is 0 Å². The lowest BCUT2D eigenvalue weighted by molar-refractivity contribution is 0.0182. The van der Waals surface area contributed by atoms with Gasteiger partial charge in [-0.05, 0) is 31.6 Å². The first-order valence-electron chi connectivity index (χ1n) is 10.7. The number of hydrogen-bond donors (Lipinski definition) is 1. The molecule has 0 radical (unpaired) electrons. The van der Waals surface area contributed by atoms with Crippen LogP contribution in [-0.4, -0.2) is 48.2 Å². The molecule has 152 valence electrons. The number of nitrogens with two attached hydrogens (primary N) is 1. The van der Waals surface area contributed by atoms with Crippen LogP contribution in [0.2, 0.25) is 0 Å². The van der Waals surface area contributed by atoms with Crippen LogP contribution in [-0.2, 0) is 0 Å². The minimum absolute atomic E-state index is 0. The van der Waals surface area contributed by atoms with Crippen LogP contribution in [0.1, 0.15) is 86.0 Å². The van der Waals surface area contributed by atoms with E-state index in [2.05, 4.69) is 44.4 Å². The number of rotatable bonds is 12. The molecule has 2 unspecified atom stereocenters. The lowest BCUT2D eigenvalue weighted by Gasteiger charge is -2.46. The molecular weight excluding hydrogens is 313 g/mol. The summed E-state index contributed by atoms with van der Waals surface area (Å²) in [6, 6.07) is 0. The maximum Gasteiger partial charge on any atom is 0.0507 e. The second-order valence-corrected chi connectivity index (χ2v) is 8.65. The van der Waals surface area contributed by atoms with Gasteiger partial charge >= 0.3 is 0 Å². The van der Waals surface area contributed by atoms with Gasteiger partial charge in [-0.3, -0.25) is 14.5 Å². The predicted molar refractivity (Wildman–Crippen MR) is 110 cm³/mol. The molecule has 2 atom stereocenters. The fourth-order valence-corrected chi connectivity index (χ4v) is 4.26. The summed E-state index contributed by atoms with van der Waals surface area (Å²) in [5.41, 5.74) is 6.54. The van der Waals surface area contributed by atoms with Crippen LogP contribution in [0.3, 0.4) is 0 Å². The normalized spacial score (nSPS) is 24.7. The van der Waals surface area contributed by atoms with Crippen molar-refractivity contribution in [3.63, 3.8) is 0 Å². The molecule has 3 nitrogen and oxygen atoms in total. The summed E-state index contributed by atoms with van der Waals surface area (Å²) in [7, 11) is 0. The van der Waals surface area contributed by atoms with E-state index < -0.39 is 0 Å². The second-order valence-electron chi connectivity index (χ2n) is 8.65. The van der Waals surface area contributed by atoms with Gasteiger partial charge in [-0.25, -0.2) is 0 Å². The SMILES string of the molecule is CCCCC(CC)CN1CN(CC(CC)CCCC)CC(C)(N)C1.F. The van der Waals surface area contributed by atoms with Crippen molar-refractivity contribution in [2.45, 2.75) is 91.5 Å². The van der Waals surface area contributed by atoms with Crippen molar-refractivity contribution >= 4 is 0 Å². The van der Waals surface area contributed by atoms with Crippen molar-refractivity contribution in [1.82, 2.24) is 9.80 Å². The minimum atomic E-state index is -0.0651. The topological polar surface area (TPSA) is 32.5 Å². The molecule has 0 aliphatic carbocycles. The van der Waals surface area contributed by atoms with Crippen LogP contribution >= 0.6 is 0 Å². The van der Waals surface area contributed by atoms with Crippen molar-refractivity contribution in [3.8, 4) is 0 Å². The zero-order valence-corrected chi connectivity index (χ0v) is 17.7. The highest BCUT2D eigenvalue weighted by Gasteiger charge is 2.33. The monoisotopic (exact) mass is 359 g/mol. The molecule has 1 fully saturated rings. The van der Waals surface area contributed by atoms with Gasteiger partial charge in [0.25, 0.3) is 0 Å². The van der Waals surface area contributed by atoms with Crippen molar-refractivity contribution in [2.24, 2.45) is 17.6 Å². The van der Waals surface area contributed by atoms with Gasteiger partial charge in [0.1, 0.15) is 0 Å². The van der Waals surface area contributed by atoms with Crippen molar-refractivity contribution < 1.29 is 4.70 Å². The number of hydrogen-bond acceptors (Lipinski definition) is 3. The number of nitrogens with zero attached hydrogens (tertiary/aromatic N) is 2. The Morgan fingerprint density at radius 2 is 1.24 bits per heavy atom. The van der Waals surface area contributed by atoms with E-state index in [9.17, 15) is 0 Å². The minimum Gasteiger partial charge on any atom is -0.323 e. The van der Waals surface area contributed by atoms with Crippen LogP contribution < -0.4 is 5.73 Å². The maximum atomic E-state index is 6.61. The van der Waals surface area contributed by atoms with Gasteiger partial charge in [-0.2, -0.15) is 0 Å². The number of unbranched alkanes of at least 4 members (excludes halogenated alkanes) is 2. The zero-order chi connectivity index (χ0) is 18.0. The molecule has 0 aromatic carbocycles. The van der Waals surface area contributed by atoms with Crippen molar-refractivity contribution in [3.05, 3.63) is 0 Å². The smallest absolute Gasteiger partial charge is 0.0507 e. The van der Waals surface area contributed by atoms with Gasteiger partial charge in [0.05, 0.1) is 6.67 Å². The fourth-order valence-electron chi connectivity index (χ4n) is 4.26. The first kappa shape index (κ1) is 24.8. The molecule has 0 amide bonds. The molecule has 1 aliphatic rings. The van der Waals surface area contributed by atoms with Crippen molar-refractivity contribution in [1.29, 1.82) is 0 Å². The van der Waals surface area contributed by atoms with Crippen LogP contribution in [0.15, 0.2) is 0 Å². The zero-order valence-electron chi connectivity index (χ0n) is 17.7. The highest BCUT2D eigenvalue weighted by molar-refractivity contribution is 4.91. The third-order valence-corrected chi connectivity index (χ3v) is 5.69. The van der Waals surface area contributed by atoms with E-state index in [4.69, 9.17) is 5.73 Å². The Kier molecular flexibility index (Phi) is 13.0. The third kappa shape index (κ3) is 9.91. The average molecular weight is 360 g/mol. The summed E-state index contributed by atoms with van der Waals surface area (Å²) in [4.78, 5) is 5.28. The molecule has 2 N–H and O–H groups in total. The molecule has 1 aliphatic heterocycles. The molecule has 1 heterocycles. The van der Waals surface area contributed by atoms with E-state index in [0.29, 0.717) is 0 Å². The largest absolute Gasteiger partial charge is 0.323 e. The summed E-state index contributed by atoms with van der Waals surface area (Å²) in [6.45, 7) is 17.2. The highest BCUT2D eigenvalue weighted by Crippen LogP contribution is 2.22. The molecule has 1 rings (SSSR count). The molecule has 25 heavy (non-hydrogen) atoms. The average Bonchev–Trinajstić information content (AvgIpc) is 2.53. The fraction of sp³-hybridized carbons (Fsp3) is 1.00. The summed E-state index contributed by atoms with van der Waals surface area (Å²) in [6.07, 6.45) is 10.7. The quantitative estimate of drug-likeness (QED) is 0.540. The van der Waals surface area contributed by atoms with Crippen LogP contribution in [0.5, 0.6) is 0 Å². The lowest BCUT2D eigenvalue weighted by atomic mass is 9.94. The molecule has 4 heteroatoms. The molecule has 0 aromatic heterocycles. The Morgan fingerprint density at radius 1 is 0.840 bits per heavy atom. The van der Waals surface area contributed by atoms with E-state index in [1.165, 1.54) is 64.5 Å². The third-order valence-electron chi connectivity index (χ3n) is 5.69. The maximum absolute atomic E-state index is 6.61. The molecule has 1 saturated heterocycles. The van der Waals surface area contributed by atoms with Crippen LogP contribution in [0.4, 0.5) is 4.70 Å². The summed E-state index contributed by atoms with van der Waals surface area (Å²) >= 11 is 0. The van der Waals surface area contributed by atoms with Gasteiger partial charge in [-0.1, -0.05) is 66.2 Å². The number of halogens is 1. The Labute approximate surface area is 157 Å². The van der Waals surface area contributed by atoms with Gasteiger partial charge in [-0.15, -0.1) is 0 Å². The summed E-state index contributed by atoms with van der Waals surface area (Å²) in [5, 5.41) is 0. The predicted octanol–water partition coefficient (Wildman–Crippen LogP) is 4.86. The Hall–Kier alpha value is -0.190. The van der Waals surface area contributed by atoms with Crippen molar-refractivity contribution in [2.75, 3.05) is 32.8 Å². The summed E-state index contributed by atoms with van der Waals surface area (Å²) < 4.78 is 0. The molecule has 0 aromatic rings. The van der Waals surface area contributed by atoms with Gasteiger partial charge in [0.2, 0.25) is 0 Å². The summed E-state index contributed by atoms with van der Waals surface area (Å²) in [5.74, 6) is 1.67. The first-order valence-corrected chi connectivity index (χ1v) is 10.7. The second kappa shape index (κ2) is 13.1. The Bertz CT molecular complexity index is 294. The van der Waals surface area contributed by atoms with E-state index in [-0.39, 0.29) is 10.2 Å². The molecule has 0 spiro atoms. The molecule has 0 bridgehead atoms. The first-order chi connectivity index (χ1) is 11.4. The van der Waals surface area contributed by atoms with E-state index in [1.54, 1.807) is 0 Å². The Morgan fingerprint density at radius 3 is 1.56 bits per heavy atom. The van der Waals surface area contributed by atoms with Gasteiger partial charge in [0, 0.05) is 31.7 Å². The molecule has 0 saturated carbocycles. The highest BCUT2D eigenvalue weighted by atomic mass is 19.0. The van der Waals surface area contributed by atoms with Gasteiger partial charge in [0.15, 0.2) is 0 Å².